The van der Waals surface area contributed by atoms with E-state index in [1.807, 2.05) is 18.5 Å². The molecule has 1 unspecified atom stereocenters. The first-order valence-corrected chi connectivity index (χ1v) is 9.32. The van der Waals surface area contributed by atoms with Crippen LogP contribution in [0.25, 0.3) is 10.9 Å². The Morgan fingerprint density at radius 3 is 2.80 bits per heavy atom. The lowest BCUT2D eigenvalue weighted by molar-refractivity contribution is 0.350. The molecule has 0 saturated carbocycles. The van der Waals surface area contributed by atoms with Gasteiger partial charge in [-0.1, -0.05) is 24.6 Å². The highest BCUT2D eigenvalue weighted by Gasteiger charge is 2.21. The summed E-state index contributed by atoms with van der Waals surface area (Å²) in [7, 11) is 2.24. The zero-order valence-electron chi connectivity index (χ0n) is 15.5. The lowest BCUT2D eigenvalue weighted by atomic mass is 10.0. The molecule has 3 heteroatoms. The van der Waals surface area contributed by atoms with Crippen molar-refractivity contribution in [1.29, 1.82) is 0 Å². The Hall–Kier alpha value is -2.13. The normalized spacial score (nSPS) is 16.6. The number of hydrogen-bond donors (Lipinski definition) is 0. The van der Waals surface area contributed by atoms with E-state index in [0.717, 1.165) is 32.5 Å². The quantitative estimate of drug-likeness (QED) is 0.717. The number of aryl methyl sites for hydroxylation is 1. The summed E-state index contributed by atoms with van der Waals surface area (Å²) >= 11 is 0. The van der Waals surface area contributed by atoms with Gasteiger partial charge in [0.05, 0.1) is 0 Å². The van der Waals surface area contributed by atoms with E-state index in [2.05, 4.69) is 59.6 Å². The average Bonchev–Trinajstić information content (AvgIpc) is 2.76. The van der Waals surface area contributed by atoms with Crippen LogP contribution in [0, 0.1) is 6.92 Å². The highest BCUT2D eigenvalue weighted by Crippen LogP contribution is 2.32. The maximum absolute atomic E-state index is 4.31. The molecule has 3 nitrogen and oxygen atoms in total. The molecule has 0 spiro atoms. The summed E-state index contributed by atoms with van der Waals surface area (Å²) in [6.07, 6.45) is 6.15. The van der Waals surface area contributed by atoms with Gasteiger partial charge in [0.2, 0.25) is 0 Å². The molecule has 25 heavy (non-hydrogen) atoms. The van der Waals surface area contributed by atoms with Crippen molar-refractivity contribution in [2.24, 2.45) is 0 Å². The molecule has 4 rings (SSSR count). The molecule has 130 valence electrons. The van der Waals surface area contributed by atoms with Crippen LogP contribution in [0.2, 0.25) is 0 Å². The van der Waals surface area contributed by atoms with Crippen molar-refractivity contribution in [3.05, 3.63) is 65.1 Å². The first kappa shape index (κ1) is 16.3. The van der Waals surface area contributed by atoms with Crippen LogP contribution < -0.4 is 0 Å². The molecule has 0 radical (unpaired) electrons. The summed E-state index contributed by atoms with van der Waals surface area (Å²) in [6.45, 7) is 7.82. The summed E-state index contributed by atoms with van der Waals surface area (Å²) in [5, 5.41) is 1.46. The summed E-state index contributed by atoms with van der Waals surface area (Å²) in [4.78, 5) is 6.76. The fourth-order valence-electron chi connectivity index (χ4n) is 4.12. The third-order valence-corrected chi connectivity index (χ3v) is 5.63. The van der Waals surface area contributed by atoms with Crippen molar-refractivity contribution in [3.63, 3.8) is 0 Å². The number of fused-ring (bicyclic) bond motifs is 3. The molecule has 1 aromatic carbocycles. The first-order valence-electron chi connectivity index (χ1n) is 9.32. The van der Waals surface area contributed by atoms with Gasteiger partial charge >= 0.3 is 0 Å². The van der Waals surface area contributed by atoms with Gasteiger partial charge in [-0.05, 0) is 49.7 Å². The SMILES string of the molecule is Cc1ccc2c(c1)c1c(n2CC(C)c2cccnc2)CCN(C)CC1. The van der Waals surface area contributed by atoms with E-state index in [1.165, 1.54) is 22.0 Å². The highest BCUT2D eigenvalue weighted by molar-refractivity contribution is 5.86. The fourth-order valence-corrected chi connectivity index (χ4v) is 4.12. The molecule has 1 aliphatic rings. The smallest absolute Gasteiger partial charge is 0.0485 e. The van der Waals surface area contributed by atoms with Gasteiger partial charge in [0, 0.05) is 61.0 Å². The van der Waals surface area contributed by atoms with Crippen molar-refractivity contribution < 1.29 is 0 Å². The molecule has 3 aromatic rings. The molecule has 1 aliphatic heterocycles. The van der Waals surface area contributed by atoms with Crippen molar-refractivity contribution >= 4 is 10.9 Å². The second-order valence-electron chi connectivity index (χ2n) is 7.55. The zero-order chi connectivity index (χ0) is 17.4. The maximum Gasteiger partial charge on any atom is 0.0485 e. The molecular weight excluding hydrogens is 306 g/mol. The Kier molecular flexibility index (Phi) is 4.34. The topological polar surface area (TPSA) is 21.1 Å². The Balaban J connectivity index is 1.80. The molecule has 0 amide bonds. The van der Waals surface area contributed by atoms with Crippen LogP contribution >= 0.6 is 0 Å². The van der Waals surface area contributed by atoms with Crippen LogP contribution in [-0.4, -0.2) is 34.6 Å². The molecule has 1 atom stereocenters. The van der Waals surface area contributed by atoms with Crippen molar-refractivity contribution in [1.82, 2.24) is 14.5 Å². The van der Waals surface area contributed by atoms with E-state index in [-0.39, 0.29) is 0 Å². The van der Waals surface area contributed by atoms with E-state index in [0.29, 0.717) is 5.92 Å². The Labute approximate surface area is 150 Å². The predicted octanol–water partition coefficient (Wildman–Crippen LogP) is 4.18. The first-order chi connectivity index (χ1) is 12.1. The van der Waals surface area contributed by atoms with Crippen molar-refractivity contribution in [2.45, 2.75) is 39.2 Å². The second kappa shape index (κ2) is 6.64. The largest absolute Gasteiger partial charge is 0.344 e. The molecule has 0 bridgehead atoms. The second-order valence-corrected chi connectivity index (χ2v) is 7.55. The van der Waals surface area contributed by atoms with E-state index in [9.17, 15) is 0 Å². The lowest BCUT2D eigenvalue weighted by Gasteiger charge is -2.18. The van der Waals surface area contributed by atoms with E-state index < -0.39 is 0 Å². The third-order valence-electron chi connectivity index (χ3n) is 5.63. The van der Waals surface area contributed by atoms with Crippen LogP contribution in [0.3, 0.4) is 0 Å². The zero-order valence-corrected chi connectivity index (χ0v) is 15.5. The fraction of sp³-hybridized carbons (Fsp3) is 0.409. The Morgan fingerprint density at radius 1 is 1.16 bits per heavy atom. The van der Waals surface area contributed by atoms with Gasteiger partial charge in [-0.2, -0.15) is 0 Å². The van der Waals surface area contributed by atoms with Gasteiger partial charge in [0.15, 0.2) is 0 Å². The van der Waals surface area contributed by atoms with Crippen LogP contribution in [0.5, 0.6) is 0 Å². The number of nitrogens with zero attached hydrogens (tertiary/aromatic N) is 3. The third kappa shape index (κ3) is 3.09. The molecule has 0 aliphatic carbocycles. The molecule has 2 aromatic heterocycles. The number of aromatic nitrogens is 2. The molecule has 3 heterocycles. The number of hydrogen-bond acceptors (Lipinski definition) is 2. The van der Waals surface area contributed by atoms with Gasteiger partial charge in [-0.3, -0.25) is 4.98 Å². The van der Waals surface area contributed by atoms with Crippen LogP contribution in [0.15, 0.2) is 42.7 Å². The summed E-state index contributed by atoms with van der Waals surface area (Å²) in [6, 6.07) is 11.2. The van der Waals surface area contributed by atoms with Gasteiger partial charge in [0.1, 0.15) is 0 Å². The Morgan fingerprint density at radius 2 is 2.00 bits per heavy atom. The van der Waals surface area contributed by atoms with Crippen LogP contribution in [0.1, 0.15) is 35.2 Å². The monoisotopic (exact) mass is 333 g/mol. The standard InChI is InChI=1S/C22H27N3/c1-16-6-7-21-20(13-16)19-8-11-24(3)12-9-22(19)25(21)15-17(2)18-5-4-10-23-14-18/h4-7,10,13-14,17H,8-9,11-12,15H2,1-3H3. The summed E-state index contributed by atoms with van der Waals surface area (Å²) in [5.74, 6) is 0.454. The van der Waals surface area contributed by atoms with Gasteiger partial charge < -0.3 is 9.47 Å². The minimum absolute atomic E-state index is 0.454. The number of benzene rings is 1. The minimum atomic E-state index is 0.454. The van der Waals surface area contributed by atoms with Crippen LogP contribution in [-0.2, 0) is 19.4 Å². The van der Waals surface area contributed by atoms with Gasteiger partial charge in [0.25, 0.3) is 0 Å². The van der Waals surface area contributed by atoms with Crippen LogP contribution in [0.4, 0.5) is 0 Å². The summed E-state index contributed by atoms with van der Waals surface area (Å²) in [5.41, 5.74) is 7.18. The van der Waals surface area contributed by atoms with E-state index in [1.54, 1.807) is 11.3 Å². The average molecular weight is 333 g/mol. The maximum atomic E-state index is 4.31. The lowest BCUT2D eigenvalue weighted by Crippen LogP contribution is -2.21. The molecule has 0 N–H and O–H groups in total. The highest BCUT2D eigenvalue weighted by atomic mass is 15.1. The number of pyridine rings is 1. The van der Waals surface area contributed by atoms with E-state index in [4.69, 9.17) is 0 Å². The van der Waals surface area contributed by atoms with Gasteiger partial charge in [-0.25, -0.2) is 0 Å². The van der Waals surface area contributed by atoms with Crippen molar-refractivity contribution in [3.8, 4) is 0 Å². The predicted molar refractivity (Wildman–Crippen MR) is 104 cm³/mol. The van der Waals surface area contributed by atoms with E-state index >= 15 is 0 Å². The molecule has 0 saturated heterocycles. The molecular formula is C22H27N3. The van der Waals surface area contributed by atoms with Gasteiger partial charge in [-0.15, -0.1) is 0 Å². The summed E-state index contributed by atoms with van der Waals surface area (Å²) < 4.78 is 2.58. The van der Waals surface area contributed by atoms with Crippen molar-refractivity contribution in [2.75, 3.05) is 20.1 Å². The molecule has 0 fully saturated rings. The number of likely N-dealkylation sites (N-methyl/N-ethyl adjacent to an activating group) is 1. The number of rotatable bonds is 3. The minimum Gasteiger partial charge on any atom is -0.344 e. The Bertz CT molecular complexity index is 879.